The van der Waals surface area contributed by atoms with Crippen LogP contribution >= 0.6 is 0 Å². The minimum atomic E-state index is -0.810. The number of rotatable bonds is 3. The Morgan fingerprint density at radius 3 is 2.76 bits per heavy atom. The minimum Gasteiger partial charge on any atom is -0.481 e. The second-order valence-corrected chi connectivity index (χ2v) is 6.57. The van der Waals surface area contributed by atoms with Crippen LogP contribution in [-0.2, 0) is 4.79 Å². The second kappa shape index (κ2) is 6.64. The molecule has 0 aromatic carbocycles. The lowest BCUT2D eigenvalue weighted by molar-refractivity contribution is -0.150. The van der Waals surface area contributed by atoms with Crippen molar-refractivity contribution in [3.05, 3.63) is 0 Å². The van der Waals surface area contributed by atoms with E-state index in [1.807, 2.05) is 0 Å². The number of piperidine rings is 2. The molecule has 0 aromatic heterocycles. The third-order valence-electron chi connectivity index (χ3n) is 4.78. The number of urea groups is 1. The van der Waals surface area contributed by atoms with Crippen LogP contribution in [0.15, 0.2) is 0 Å². The summed E-state index contributed by atoms with van der Waals surface area (Å²) in [6.07, 6.45) is 3.50. The van der Waals surface area contributed by atoms with E-state index >= 15 is 0 Å². The highest BCUT2D eigenvalue weighted by Crippen LogP contribution is 2.29. The first-order valence-electron chi connectivity index (χ1n) is 7.96. The van der Waals surface area contributed by atoms with Gasteiger partial charge in [-0.2, -0.15) is 0 Å². The number of nitrogens with one attached hydrogen (secondary N) is 1. The van der Waals surface area contributed by atoms with Gasteiger partial charge in [0.15, 0.2) is 0 Å². The van der Waals surface area contributed by atoms with Crippen molar-refractivity contribution < 1.29 is 14.7 Å². The van der Waals surface area contributed by atoms with Gasteiger partial charge in [-0.1, -0.05) is 6.92 Å². The summed E-state index contributed by atoms with van der Waals surface area (Å²) in [4.78, 5) is 27.7. The average Bonchev–Trinajstić information content (AvgIpc) is 2.47. The summed E-state index contributed by atoms with van der Waals surface area (Å²) in [6.45, 7) is 7.82. The molecule has 2 heterocycles. The van der Waals surface area contributed by atoms with E-state index in [1.54, 1.807) is 11.8 Å². The maximum absolute atomic E-state index is 12.4. The van der Waals surface area contributed by atoms with Crippen LogP contribution in [0.2, 0.25) is 0 Å². The molecule has 2 unspecified atom stereocenters. The molecule has 6 nitrogen and oxygen atoms in total. The fourth-order valence-corrected chi connectivity index (χ4v) is 3.31. The van der Waals surface area contributed by atoms with Crippen molar-refractivity contribution >= 4 is 12.0 Å². The van der Waals surface area contributed by atoms with Gasteiger partial charge in [0.2, 0.25) is 0 Å². The molecule has 2 saturated heterocycles. The normalized spacial score (nSPS) is 31.0. The average molecular weight is 297 g/mol. The Balaban J connectivity index is 1.89. The maximum atomic E-state index is 12.4. The Bertz CT molecular complexity index is 402. The van der Waals surface area contributed by atoms with Crippen LogP contribution in [0.4, 0.5) is 4.79 Å². The van der Waals surface area contributed by atoms with Crippen LogP contribution in [0.5, 0.6) is 0 Å². The summed E-state index contributed by atoms with van der Waals surface area (Å²) >= 11 is 0. The number of carbonyl (C=O) groups excluding carboxylic acids is 1. The lowest BCUT2D eigenvalue weighted by Gasteiger charge is -2.39. The van der Waals surface area contributed by atoms with Gasteiger partial charge in [0.25, 0.3) is 0 Å². The largest absolute Gasteiger partial charge is 0.481 e. The molecule has 2 atom stereocenters. The number of carboxylic acid groups (broad SMARTS) is 1. The third kappa shape index (κ3) is 3.87. The van der Waals surface area contributed by atoms with E-state index in [0.29, 0.717) is 19.5 Å². The summed E-state index contributed by atoms with van der Waals surface area (Å²) in [5.41, 5.74) is -0.808. The smallest absolute Gasteiger partial charge is 0.317 e. The van der Waals surface area contributed by atoms with Crippen molar-refractivity contribution in [2.45, 2.75) is 45.6 Å². The molecule has 2 N–H and O–H groups in total. The van der Waals surface area contributed by atoms with E-state index in [9.17, 15) is 14.7 Å². The van der Waals surface area contributed by atoms with Gasteiger partial charge in [-0.15, -0.1) is 0 Å². The predicted octanol–water partition coefficient (Wildman–Crippen LogP) is 1.37. The van der Waals surface area contributed by atoms with Gasteiger partial charge in [0.05, 0.1) is 5.41 Å². The van der Waals surface area contributed by atoms with E-state index in [4.69, 9.17) is 0 Å². The van der Waals surface area contributed by atoms with Crippen molar-refractivity contribution in [1.82, 2.24) is 15.1 Å². The maximum Gasteiger partial charge on any atom is 0.317 e. The summed E-state index contributed by atoms with van der Waals surface area (Å²) in [5, 5.41) is 12.4. The Labute approximate surface area is 126 Å². The van der Waals surface area contributed by atoms with Gasteiger partial charge in [-0.05, 0) is 45.7 Å². The van der Waals surface area contributed by atoms with Crippen LogP contribution in [0, 0.1) is 5.41 Å². The molecule has 2 rings (SSSR count). The van der Waals surface area contributed by atoms with Crippen molar-refractivity contribution in [2.24, 2.45) is 5.41 Å². The number of hydrogen-bond acceptors (Lipinski definition) is 3. The van der Waals surface area contributed by atoms with E-state index in [1.165, 1.54) is 0 Å². The highest BCUT2D eigenvalue weighted by atomic mass is 16.4. The van der Waals surface area contributed by atoms with Gasteiger partial charge >= 0.3 is 12.0 Å². The molecular formula is C15H27N3O3. The number of likely N-dealkylation sites (N-methyl/N-ethyl adjacent to an activating group) is 1. The molecule has 2 amide bonds. The molecule has 0 spiro atoms. The molecule has 120 valence electrons. The number of amides is 2. The Morgan fingerprint density at radius 1 is 1.33 bits per heavy atom. The van der Waals surface area contributed by atoms with Crippen LogP contribution in [0.25, 0.3) is 0 Å². The zero-order valence-electron chi connectivity index (χ0n) is 13.1. The molecule has 0 aliphatic carbocycles. The molecule has 21 heavy (non-hydrogen) atoms. The summed E-state index contributed by atoms with van der Waals surface area (Å²) in [6, 6.07) is 0.0781. The highest BCUT2D eigenvalue weighted by Gasteiger charge is 2.39. The molecule has 0 bridgehead atoms. The van der Waals surface area contributed by atoms with Crippen LogP contribution in [0.3, 0.4) is 0 Å². The van der Waals surface area contributed by atoms with Crippen molar-refractivity contribution in [2.75, 3.05) is 32.7 Å². The molecule has 6 heteroatoms. The van der Waals surface area contributed by atoms with E-state index in [2.05, 4.69) is 17.1 Å². The number of carboxylic acids is 1. The number of carbonyl (C=O) groups is 2. The van der Waals surface area contributed by atoms with Gasteiger partial charge in [-0.25, -0.2) is 4.79 Å². The lowest BCUT2D eigenvalue weighted by atomic mass is 9.82. The van der Waals surface area contributed by atoms with Gasteiger partial charge in [-0.3, -0.25) is 4.79 Å². The standard InChI is InChI=1S/C15H27N3O3/c1-3-17-8-4-6-12(10-17)16-14(21)18-9-5-7-15(2,11-18)13(19)20/h12H,3-11H2,1-2H3,(H,16,21)(H,19,20). The fraction of sp³-hybridized carbons (Fsp3) is 0.867. The van der Waals surface area contributed by atoms with Gasteiger partial charge < -0.3 is 20.2 Å². The zero-order valence-corrected chi connectivity index (χ0v) is 13.1. The monoisotopic (exact) mass is 297 g/mol. The first kappa shape index (κ1) is 16.1. The summed E-state index contributed by atoms with van der Waals surface area (Å²) in [7, 11) is 0. The van der Waals surface area contributed by atoms with E-state index in [-0.39, 0.29) is 12.1 Å². The molecule has 0 saturated carbocycles. The van der Waals surface area contributed by atoms with Gasteiger partial charge in [0, 0.05) is 25.7 Å². The Morgan fingerprint density at radius 2 is 2.10 bits per heavy atom. The first-order valence-corrected chi connectivity index (χ1v) is 7.96. The van der Waals surface area contributed by atoms with Crippen LogP contribution in [0.1, 0.15) is 39.5 Å². The first-order chi connectivity index (χ1) is 9.94. The Kier molecular flexibility index (Phi) is 5.08. The van der Waals surface area contributed by atoms with Crippen LogP contribution in [-0.4, -0.2) is 65.7 Å². The number of hydrogen-bond donors (Lipinski definition) is 2. The highest BCUT2D eigenvalue weighted by molar-refractivity contribution is 5.78. The molecule has 2 aliphatic rings. The van der Waals surface area contributed by atoms with Crippen molar-refractivity contribution in [3.8, 4) is 0 Å². The minimum absolute atomic E-state index is 0.106. The molecule has 0 aromatic rings. The molecule has 0 radical (unpaired) electrons. The van der Waals surface area contributed by atoms with Gasteiger partial charge in [0.1, 0.15) is 0 Å². The summed E-state index contributed by atoms with van der Waals surface area (Å²) < 4.78 is 0. The summed E-state index contributed by atoms with van der Waals surface area (Å²) in [5.74, 6) is -0.810. The SMILES string of the molecule is CCN1CCCC(NC(=O)N2CCCC(C)(C(=O)O)C2)C1. The number of nitrogens with zero attached hydrogens (tertiary/aromatic N) is 2. The Hall–Kier alpha value is -1.30. The fourth-order valence-electron chi connectivity index (χ4n) is 3.31. The van der Waals surface area contributed by atoms with E-state index in [0.717, 1.165) is 38.9 Å². The third-order valence-corrected chi connectivity index (χ3v) is 4.78. The van der Waals surface area contributed by atoms with Crippen molar-refractivity contribution in [3.63, 3.8) is 0 Å². The number of likely N-dealkylation sites (tertiary alicyclic amines) is 2. The zero-order chi connectivity index (χ0) is 15.5. The number of aliphatic carboxylic acids is 1. The predicted molar refractivity (Wildman–Crippen MR) is 80.2 cm³/mol. The lowest BCUT2D eigenvalue weighted by Crippen LogP contribution is -2.55. The van der Waals surface area contributed by atoms with Crippen molar-refractivity contribution in [1.29, 1.82) is 0 Å². The molecule has 2 fully saturated rings. The molecular weight excluding hydrogens is 270 g/mol. The molecule has 2 aliphatic heterocycles. The van der Waals surface area contributed by atoms with E-state index < -0.39 is 11.4 Å². The van der Waals surface area contributed by atoms with Crippen LogP contribution < -0.4 is 5.32 Å². The topological polar surface area (TPSA) is 72.9 Å². The quantitative estimate of drug-likeness (QED) is 0.825. The second-order valence-electron chi connectivity index (χ2n) is 6.57.